The lowest BCUT2D eigenvalue weighted by Gasteiger charge is -2.32. The van der Waals surface area contributed by atoms with E-state index in [1.165, 1.54) is 7.11 Å². The largest absolute Gasteiger partial charge is 0.468 e. The summed E-state index contributed by atoms with van der Waals surface area (Å²) in [5, 5.41) is 0.793. The van der Waals surface area contributed by atoms with Crippen molar-refractivity contribution in [2.24, 2.45) is 5.92 Å². The monoisotopic (exact) mass is 404 g/mol. The summed E-state index contributed by atoms with van der Waals surface area (Å²) in [5.74, 6) is -0.362. The van der Waals surface area contributed by atoms with Crippen LogP contribution in [0.2, 0.25) is 0 Å². The number of ether oxygens (including phenoxy) is 1. The quantitative estimate of drug-likeness (QED) is 0.653. The highest BCUT2D eigenvalue weighted by Gasteiger charge is 2.44. The highest BCUT2D eigenvalue weighted by atomic mass is 32.2. The summed E-state index contributed by atoms with van der Waals surface area (Å²) < 4.78 is 33.9. The first kappa shape index (κ1) is 19.3. The third-order valence-electron chi connectivity index (χ3n) is 5.63. The molecule has 1 aromatic carbocycles. The number of sulfonamides is 1. The topological polar surface area (TPSA) is 109 Å². The number of benzene rings is 1. The average molecular weight is 404 g/mol. The summed E-state index contributed by atoms with van der Waals surface area (Å²) in [6.45, 7) is 1.92. The number of esters is 1. The molecule has 28 heavy (non-hydrogen) atoms. The second-order valence-electron chi connectivity index (χ2n) is 7.53. The molecule has 1 aliphatic carbocycles. The maximum atomic E-state index is 13.1. The van der Waals surface area contributed by atoms with Gasteiger partial charge in [0.1, 0.15) is 10.9 Å². The molecule has 0 radical (unpaired) electrons. The number of hydrogen-bond acceptors (Lipinski definition) is 7. The van der Waals surface area contributed by atoms with Crippen LogP contribution < -0.4 is 15.6 Å². The summed E-state index contributed by atoms with van der Waals surface area (Å²) in [6.07, 6.45) is 3.69. The van der Waals surface area contributed by atoms with Crippen molar-refractivity contribution in [1.82, 2.24) is 20.6 Å². The molecular formula is C19H24N4O4S. The molecule has 3 N–H and O–H groups in total. The molecule has 2 heterocycles. The van der Waals surface area contributed by atoms with E-state index < -0.39 is 16.1 Å². The molecule has 2 aliphatic rings. The van der Waals surface area contributed by atoms with Gasteiger partial charge >= 0.3 is 5.97 Å². The smallest absolute Gasteiger partial charge is 0.324 e. The lowest BCUT2D eigenvalue weighted by Crippen LogP contribution is -2.46. The average Bonchev–Trinajstić information content (AvgIpc) is 3.09. The first-order chi connectivity index (χ1) is 13.4. The fourth-order valence-corrected chi connectivity index (χ4v) is 5.73. The van der Waals surface area contributed by atoms with Gasteiger partial charge in [-0.25, -0.2) is 18.6 Å². The third kappa shape index (κ3) is 3.50. The molecule has 4 rings (SSSR count). The van der Waals surface area contributed by atoms with Gasteiger partial charge < -0.3 is 4.74 Å². The third-order valence-corrected chi connectivity index (χ3v) is 7.18. The maximum absolute atomic E-state index is 13.1. The number of nitrogens with one attached hydrogen (secondary N) is 3. The van der Waals surface area contributed by atoms with Crippen LogP contribution in [0.3, 0.4) is 0 Å². The van der Waals surface area contributed by atoms with Gasteiger partial charge in [-0.3, -0.25) is 15.2 Å². The lowest BCUT2D eigenvalue weighted by atomic mass is 9.79. The molecule has 8 nitrogen and oxygen atoms in total. The zero-order valence-corrected chi connectivity index (χ0v) is 16.6. The Morgan fingerprint density at radius 1 is 1.29 bits per heavy atom. The minimum absolute atomic E-state index is 0.0257. The van der Waals surface area contributed by atoms with Gasteiger partial charge in [0.05, 0.1) is 12.6 Å². The van der Waals surface area contributed by atoms with Gasteiger partial charge in [-0.1, -0.05) is 12.1 Å². The number of fused-ring (bicyclic) bond motifs is 2. The number of methoxy groups -OCH3 is 1. The van der Waals surface area contributed by atoms with Crippen LogP contribution >= 0.6 is 0 Å². The lowest BCUT2D eigenvalue weighted by molar-refractivity contribution is -0.144. The SMILES string of the molecule is COC(=O)C1NNC2CCC(NS(=O)(=O)c3cccc4cc(C)cnc34)CC21. The van der Waals surface area contributed by atoms with E-state index in [1.807, 2.05) is 19.1 Å². The van der Waals surface area contributed by atoms with Crippen LogP contribution in [0.1, 0.15) is 24.8 Å². The van der Waals surface area contributed by atoms with Crippen molar-refractivity contribution < 1.29 is 17.9 Å². The van der Waals surface area contributed by atoms with Gasteiger partial charge in [0.25, 0.3) is 0 Å². The molecule has 4 unspecified atom stereocenters. The second kappa shape index (κ2) is 7.40. The van der Waals surface area contributed by atoms with Crippen LogP contribution in [-0.2, 0) is 19.6 Å². The van der Waals surface area contributed by atoms with Crippen molar-refractivity contribution in [3.63, 3.8) is 0 Å². The fraction of sp³-hybridized carbons (Fsp3) is 0.474. The number of carbonyl (C=O) groups is 1. The number of para-hydroxylation sites is 1. The van der Waals surface area contributed by atoms with Gasteiger partial charge in [-0.05, 0) is 43.9 Å². The molecule has 0 bridgehead atoms. The van der Waals surface area contributed by atoms with Crippen molar-refractivity contribution in [2.75, 3.05) is 7.11 Å². The van der Waals surface area contributed by atoms with E-state index in [0.717, 1.165) is 17.4 Å². The number of nitrogens with zero attached hydrogens (tertiary/aromatic N) is 1. The van der Waals surface area contributed by atoms with E-state index in [0.29, 0.717) is 18.4 Å². The van der Waals surface area contributed by atoms with Crippen molar-refractivity contribution >= 4 is 26.9 Å². The van der Waals surface area contributed by atoms with E-state index in [2.05, 4.69) is 20.6 Å². The Labute approximate surface area is 164 Å². The number of carbonyl (C=O) groups excluding carboxylic acids is 1. The van der Waals surface area contributed by atoms with Crippen molar-refractivity contribution in [3.8, 4) is 0 Å². The number of rotatable bonds is 4. The fourth-order valence-electron chi connectivity index (χ4n) is 4.27. The summed E-state index contributed by atoms with van der Waals surface area (Å²) in [4.78, 5) is 16.5. The predicted molar refractivity (Wildman–Crippen MR) is 104 cm³/mol. The summed E-state index contributed by atoms with van der Waals surface area (Å²) >= 11 is 0. The van der Waals surface area contributed by atoms with E-state index in [4.69, 9.17) is 4.74 Å². The van der Waals surface area contributed by atoms with Crippen LogP contribution in [-0.4, -0.2) is 44.6 Å². The standard InChI is InChI=1S/C19H24N4O4S/c1-11-8-12-4-3-5-16(17(12)20-10-11)28(25,26)23-13-6-7-15-14(9-13)18(22-21-15)19(24)27-2/h3-5,8,10,13-15,18,21-23H,6-7,9H2,1-2H3. The van der Waals surface area contributed by atoms with Crippen molar-refractivity contribution in [3.05, 3.63) is 36.0 Å². The number of hydrogen-bond donors (Lipinski definition) is 3. The first-order valence-electron chi connectivity index (χ1n) is 9.35. The minimum Gasteiger partial charge on any atom is -0.468 e. The van der Waals surface area contributed by atoms with Crippen LogP contribution in [0.4, 0.5) is 0 Å². The number of pyridine rings is 1. The molecule has 2 fully saturated rings. The summed E-state index contributed by atoms with van der Waals surface area (Å²) in [7, 11) is -2.38. The zero-order valence-electron chi connectivity index (χ0n) is 15.8. The second-order valence-corrected chi connectivity index (χ2v) is 9.21. The van der Waals surface area contributed by atoms with E-state index in [9.17, 15) is 13.2 Å². The van der Waals surface area contributed by atoms with Crippen molar-refractivity contribution in [2.45, 2.75) is 49.2 Å². The van der Waals surface area contributed by atoms with Crippen molar-refractivity contribution in [1.29, 1.82) is 0 Å². The number of aryl methyl sites for hydroxylation is 1. The van der Waals surface area contributed by atoms with Gasteiger partial charge in [0.2, 0.25) is 10.0 Å². The molecule has 9 heteroatoms. The number of aromatic nitrogens is 1. The van der Waals surface area contributed by atoms with Gasteiger partial charge in [-0.2, -0.15) is 0 Å². The molecule has 0 spiro atoms. The van der Waals surface area contributed by atoms with E-state index >= 15 is 0 Å². The van der Waals surface area contributed by atoms with Crippen LogP contribution in [0.15, 0.2) is 35.4 Å². The molecule has 1 saturated carbocycles. The minimum atomic E-state index is -3.74. The van der Waals surface area contributed by atoms with E-state index in [1.54, 1.807) is 18.3 Å². The Balaban J connectivity index is 1.56. The molecule has 150 valence electrons. The Kier molecular flexibility index (Phi) is 5.09. The summed E-state index contributed by atoms with van der Waals surface area (Å²) in [6, 6.07) is 6.50. The van der Waals surface area contributed by atoms with Gasteiger partial charge in [-0.15, -0.1) is 0 Å². The van der Waals surface area contributed by atoms with E-state index in [-0.39, 0.29) is 28.9 Å². The Bertz CT molecular complexity index is 1010. The molecular weight excluding hydrogens is 380 g/mol. The van der Waals surface area contributed by atoms with Crippen LogP contribution in [0.25, 0.3) is 10.9 Å². The van der Waals surface area contributed by atoms with Crippen LogP contribution in [0.5, 0.6) is 0 Å². The Hall–Kier alpha value is -2.07. The maximum Gasteiger partial charge on any atom is 0.324 e. The molecule has 4 atom stereocenters. The first-order valence-corrected chi connectivity index (χ1v) is 10.8. The highest BCUT2D eigenvalue weighted by Crippen LogP contribution is 2.32. The normalized spacial score (nSPS) is 27.5. The highest BCUT2D eigenvalue weighted by molar-refractivity contribution is 7.89. The zero-order chi connectivity index (χ0) is 19.9. The molecule has 1 saturated heterocycles. The van der Waals surface area contributed by atoms with Crippen LogP contribution in [0, 0.1) is 12.8 Å². The summed E-state index contributed by atoms with van der Waals surface area (Å²) in [5.41, 5.74) is 7.55. The molecule has 1 aliphatic heterocycles. The van der Waals surface area contributed by atoms with Gasteiger partial charge in [0, 0.05) is 29.6 Å². The molecule has 2 aromatic rings. The molecule has 1 aromatic heterocycles. The number of hydrazine groups is 1. The molecule has 0 amide bonds. The Morgan fingerprint density at radius 3 is 2.89 bits per heavy atom. The Morgan fingerprint density at radius 2 is 2.11 bits per heavy atom. The van der Waals surface area contributed by atoms with Gasteiger partial charge in [0.15, 0.2) is 0 Å². The predicted octanol–water partition coefficient (Wildman–Crippen LogP) is 1.01.